The molecule has 1 aliphatic rings. The first-order valence-corrected chi connectivity index (χ1v) is 9.54. The number of hydrogen-bond acceptors (Lipinski definition) is 5. The largest absolute Gasteiger partial charge is 0.457 e. The van der Waals surface area contributed by atoms with Gasteiger partial charge in [0.1, 0.15) is 22.8 Å². The Morgan fingerprint density at radius 3 is 2.22 bits per heavy atom. The molecule has 1 aromatic heterocycles. The van der Waals surface area contributed by atoms with Crippen LogP contribution in [0.15, 0.2) is 76.7 Å². The van der Waals surface area contributed by atoms with E-state index in [1.54, 1.807) is 36.4 Å². The summed E-state index contributed by atoms with van der Waals surface area (Å²) in [6, 6.07) is 17.1. The SMILES string of the molecule is O=C1NC(=S)N(c2ccc(Oc3ccccc3)cc2)C(=O)C1=Cc1ccc(C(F)(F)F)o1. The van der Waals surface area contributed by atoms with Gasteiger partial charge in [-0.15, -0.1) is 0 Å². The van der Waals surface area contributed by atoms with E-state index in [1.165, 1.54) is 0 Å². The first kappa shape index (κ1) is 21.3. The van der Waals surface area contributed by atoms with E-state index in [1.807, 2.05) is 18.2 Å². The van der Waals surface area contributed by atoms with Gasteiger partial charge in [-0.25, -0.2) is 0 Å². The van der Waals surface area contributed by atoms with Gasteiger partial charge >= 0.3 is 6.18 Å². The highest BCUT2D eigenvalue weighted by molar-refractivity contribution is 7.80. The molecule has 4 rings (SSSR count). The number of ether oxygens (including phenoxy) is 1. The number of carbonyl (C=O) groups is 2. The Labute approximate surface area is 184 Å². The number of halogens is 3. The topological polar surface area (TPSA) is 71.8 Å². The number of nitrogens with zero attached hydrogens (tertiary/aromatic N) is 1. The van der Waals surface area contributed by atoms with E-state index in [2.05, 4.69) is 9.73 Å². The molecule has 1 aliphatic heterocycles. The van der Waals surface area contributed by atoms with Gasteiger partial charge in [-0.1, -0.05) is 18.2 Å². The average Bonchev–Trinajstić information content (AvgIpc) is 3.22. The van der Waals surface area contributed by atoms with Gasteiger partial charge in [0.15, 0.2) is 5.11 Å². The molecule has 32 heavy (non-hydrogen) atoms. The number of thiocarbonyl (C=S) groups is 1. The molecule has 162 valence electrons. The van der Waals surface area contributed by atoms with Crippen LogP contribution in [0.5, 0.6) is 11.5 Å². The van der Waals surface area contributed by atoms with Crippen molar-refractivity contribution in [3.05, 3.63) is 83.8 Å². The van der Waals surface area contributed by atoms with Crippen LogP contribution >= 0.6 is 12.2 Å². The number of carbonyl (C=O) groups excluding carboxylic acids is 2. The molecule has 0 radical (unpaired) electrons. The fraction of sp³-hybridized carbons (Fsp3) is 0.0455. The third-order valence-corrected chi connectivity index (χ3v) is 4.65. The smallest absolute Gasteiger partial charge is 0.449 e. The number of hydrogen-bond donors (Lipinski definition) is 1. The quantitative estimate of drug-likeness (QED) is 0.341. The van der Waals surface area contributed by atoms with Crippen LogP contribution < -0.4 is 15.0 Å². The lowest BCUT2D eigenvalue weighted by atomic mass is 10.1. The zero-order valence-electron chi connectivity index (χ0n) is 16.1. The van der Waals surface area contributed by atoms with Crippen molar-refractivity contribution in [3.8, 4) is 11.5 Å². The van der Waals surface area contributed by atoms with Crippen molar-refractivity contribution in [2.75, 3.05) is 4.90 Å². The van der Waals surface area contributed by atoms with E-state index in [9.17, 15) is 22.8 Å². The Morgan fingerprint density at radius 2 is 1.59 bits per heavy atom. The second kappa shape index (κ2) is 8.31. The summed E-state index contributed by atoms with van der Waals surface area (Å²) < 4.78 is 48.6. The van der Waals surface area contributed by atoms with Crippen LogP contribution in [0, 0.1) is 0 Å². The summed E-state index contributed by atoms with van der Waals surface area (Å²) in [7, 11) is 0. The fourth-order valence-corrected chi connectivity index (χ4v) is 3.19. The molecule has 2 amide bonds. The average molecular weight is 458 g/mol. The number of nitrogens with one attached hydrogen (secondary N) is 1. The van der Waals surface area contributed by atoms with Crippen LogP contribution in [0.3, 0.4) is 0 Å². The van der Waals surface area contributed by atoms with Gasteiger partial charge in [-0.05, 0) is 66.8 Å². The summed E-state index contributed by atoms with van der Waals surface area (Å²) in [5.74, 6) is -2.06. The number of rotatable bonds is 4. The molecule has 3 aromatic rings. The van der Waals surface area contributed by atoms with Crippen molar-refractivity contribution in [3.63, 3.8) is 0 Å². The van der Waals surface area contributed by atoms with Gasteiger partial charge in [0.05, 0.1) is 5.69 Å². The molecule has 0 atom stereocenters. The summed E-state index contributed by atoms with van der Waals surface area (Å²) in [5.41, 5.74) is -0.0898. The molecule has 1 saturated heterocycles. The summed E-state index contributed by atoms with van der Waals surface area (Å²) in [6.07, 6.45) is -3.75. The van der Waals surface area contributed by atoms with Crippen LogP contribution in [-0.4, -0.2) is 16.9 Å². The second-order valence-corrected chi connectivity index (χ2v) is 6.95. The van der Waals surface area contributed by atoms with Gasteiger partial charge in [-0.2, -0.15) is 13.2 Å². The molecular weight excluding hydrogens is 445 g/mol. The first-order valence-electron chi connectivity index (χ1n) is 9.14. The lowest BCUT2D eigenvalue weighted by Gasteiger charge is -2.28. The van der Waals surface area contributed by atoms with Crippen LogP contribution in [0.25, 0.3) is 6.08 Å². The Hall–Kier alpha value is -3.92. The van der Waals surface area contributed by atoms with E-state index >= 15 is 0 Å². The highest BCUT2D eigenvalue weighted by atomic mass is 32.1. The van der Waals surface area contributed by atoms with E-state index < -0.39 is 29.3 Å². The molecule has 2 aromatic carbocycles. The molecule has 0 spiro atoms. The lowest BCUT2D eigenvalue weighted by molar-refractivity contribution is -0.153. The number of amides is 2. The van der Waals surface area contributed by atoms with E-state index in [-0.39, 0.29) is 10.9 Å². The maximum absolute atomic E-state index is 12.9. The standard InChI is InChI=1S/C22H13F3N2O4S/c23-22(24,25)18-11-10-16(31-18)12-17-19(28)26-21(32)27(20(17)29)13-6-8-15(9-7-13)30-14-4-2-1-3-5-14/h1-12H,(H,26,28,32). The summed E-state index contributed by atoms with van der Waals surface area (Å²) in [5, 5.41) is 2.19. The molecule has 1 fully saturated rings. The molecule has 2 heterocycles. The van der Waals surface area contributed by atoms with Gasteiger partial charge in [-0.3, -0.25) is 19.8 Å². The van der Waals surface area contributed by atoms with Crippen molar-refractivity contribution in [1.82, 2.24) is 5.32 Å². The molecule has 0 aliphatic carbocycles. The molecule has 0 bridgehead atoms. The summed E-state index contributed by atoms with van der Waals surface area (Å²) in [4.78, 5) is 26.3. The molecule has 6 nitrogen and oxygen atoms in total. The maximum Gasteiger partial charge on any atom is 0.449 e. The van der Waals surface area contributed by atoms with Crippen molar-refractivity contribution < 1.29 is 31.9 Å². The molecule has 0 saturated carbocycles. The Morgan fingerprint density at radius 1 is 0.938 bits per heavy atom. The summed E-state index contributed by atoms with van der Waals surface area (Å²) in [6.45, 7) is 0. The minimum absolute atomic E-state index is 0.163. The van der Waals surface area contributed by atoms with Crippen LogP contribution in [0.4, 0.5) is 18.9 Å². The number of benzene rings is 2. The minimum Gasteiger partial charge on any atom is -0.457 e. The predicted molar refractivity (Wildman–Crippen MR) is 113 cm³/mol. The number of alkyl halides is 3. The van der Waals surface area contributed by atoms with Gasteiger partial charge in [0, 0.05) is 0 Å². The summed E-state index contributed by atoms with van der Waals surface area (Å²) >= 11 is 5.11. The van der Waals surface area contributed by atoms with E-state index in [0.29, 0.717) is 23.3 Å². The molecule has 1 N–H and O–H groups in total. The van der Waals surface area contributed by atoms with Gasteiger partial charge < -0.3 is 9.15 Å². The van der Waals surface area contributed by atoms with Gasteiger partial charge in [0.25, 0.3) is 11.8 Å². The monoisotopic (exact) mass is 458 g/mol. The minimum atomic E-state index is -4.69. The van der Waals surface area contributed by atoms with Crippen molar-refractivity contribution in [1.29, 1.82) is 0 Å². The second-order valence-electron chi connectivity index (χ2n) is 6.57. The Balaban J connectivity index is 1.59. The fourth-order valence-electron chi connectivity index (χ4n) is 2.90. The van der Waals surface area contributed by atoms with Crippen LogP contribution in [-0.2, 0) is 15.8 Å². The third kappa shape index (κ3) is 4.40. The van der Waals surface area contributed by atoms with Gasteiger partial charge in [0.2, 0.25) is 5.76 Å². The highest BCUT2D eigenvalue weighted by Gasteiger charge is 2.37. The number of para-hydroxylation sites is 1. The van der Waals surface area contributed by atoms with Crippen molar-refractivity contribution in [2.24, 2.45) is 0 Å². The zero-order valence-corrected chi connectivity index (χ0v) is 16.9. The first-order chi connectivity index (χ1) is 15.2. The van der Waals surface area contributed by atoms with E-state index in [4.69, 9.17) is 17.0 Å². The highest BCUT2D eigenvalue weighted by Crippen LogP contribution is 2.32. The number of anilines is 1. The zero-order chi connectivity index (χ0) is 22.9. The molecular formula is C22H13F3N2O4S. The normalized spacial score (nSPS) is 15.8. The number of furan rings is 1. The van der Waals surface area contributed by atoms with Crippen LogP contribution in [0.2, 0.25) is 0 Å². The predicted octanol–water partition coefficient (Wildman–Crippen LogP) is 4.92. The van der Waals surface area contributed by atoms with Crippen molar-refractivity contribution in [2.45, 2.75) is 6.18 Å². The Bertz CT molecular complexity index is 1220. The maximum atomic E-state index is 12.9. The molecule has 10 heteroatoms. The molecule has 0 unspecified atom stereocenters. The van der Waals surface area contributed by atoms with E-state index in [0.717, 1.165) is 17.0 Å². The third-order valence-electron chi connectivity index (χ3n) is 4.37. The Kier molecular flexibility index (Phi) is 5.54. The van der Waals surface area contributed by atoms with Crippen LogP contribution in [0.1, 0.15) is 11.5 Å². The lowest BCUT2D eigenvalue weighted by Crippen LogP contribution is -2.54. The van der Waals surface area contributed by atoms with Crippen molar-refractivity contribution >= 4 is 40.9 Å².